The maximum Gasteiger partial charge on any atom is 0.311 e. The van der Waals surface area contributed by atoms with Gasteiger partial charge in [0, 0.05) is 21.4 Å². The molecule has 2 heterocycles. The molecule has 0 aliphatic rings. The molecule has 8 nitrogen and oxygen atoms in total. The Kier molecular flexibility index (Phi) is 4.26. The fraction of sp³-hybridized carbons (Fsp3) is 0.133. The molecule has 0 spiro atoms. The highest BCUT2D eigenvalue weighted by Gasteiger charge is 2.14. The van der Waals surface area contributed by atoms with Crippen LogP contribution in [0, 0.1) is 13.8 Å². The number of carbonyl (C=O) groups is 1. The molecule has 0 radical (unpaired) electrons. The molecule has 0 fully saturated rings. The molecule has 0 bridgehead atoms. The third-order valence-corrected chi connectivity index (χ3v) is 3.67. The van der Waals surface area contributed by atoms with E-state index in [2.05, 4.69) is 41.5 Å². The summed E-state index contributed by atoms with van der Waals surface area (Å²) in [5.74, 6) is -0.196. The number of aromatic nitrogens is 4. The summed E-state index contributed by atoms with van der Waals surface area (Å²) in [5.41, 5.74) is 4.41. The Morgan fingerprint density at radius 2 is 2.12 bits per heavy atom. The normalized spacial score (nSPS) is 11.3. The molecule has 2 aromatic heterocycles. The van der Waals surface area contributed by atoms with E-state index in [0.29, 0.717) is 11.3 Å². The first-order valence-corrected chi connectivity index (χ1v) is 7.76. The number of amides is 1. The van der Waals surface area contributed by atoms with Crippen molar-refractivity contribution in [3.05, 3.63) is 51.5 Å². The number of phenolic OH excluding ortho intramolecular Hbond substituents is 1. The Morgan fingerprint density at radius 3 is 2.92 bits per heavy atom. The van der Waals surface area contributed by atoms with Crippen LogP contribution in [0.1, 0.15) is 27.6 Å². The van der Waals surface area contributed by atoms with Crippen molar-refractivity contribution in [1.29, 1.82) is 0 Å². The van der Waals surface area contributed by atoms with E-state index in [-0.39, 0.29) is 11.6 Å². The van der Waals surface area contributed by atoms with Gasteiger partial charge >= 0.3 is 5.91 Å². The largest absolute Gasteiger partial charge is 0.507 e. The Hall–Kier alpha value is -2.81. The van der Waals surface area contributed by atoms with E-state index in [1.165, 1.54) is 16.8 Å². The van der Waals surface area contributed by atoms with Gasteiger partial charge in [-0.05, 0) is 38.1 Å². The maximum absolute atomic E-state index is 12.1. The predicted octanol–water partition coefficient (Wildman–Crippen LogP) is 1.97. The highest BCUT2D eigenvalue weighted by Crippen LogP contribution is 2.19. The van der Waals surface area contributed by atoms with Crippen LogP contribution in [0.4, 0.5) is 0 Å². The van der Waals surface area contributed by atoms with Crippen molar-refractivity contribution in [3.63, 3.8) is 0 Å². The van der Waals surface area contributed by atoms with E-state index in [1.807, 2.05) is 19.9 Å². The van der Waals surface area contributed by atoms with Crippen molar-refractivity contribution in [2.24, 2.45) is 5.10 Å². The summed E-state index contributed by atoms with van der Waals surface area (Å²) in [5, 5.41) is 17.6. The Bertz CT molecular complexity index is 966. The molecule has 3 rings (SSSR count). The number of nitrogens with one attached hydrogen (secondary N) is 1. The van der Waals surface area contributed by atoms with Crippen LogP contribution >= 0.6 is 15.9 Å². The molecule has 0 saturated heterocycles. The fourth-order valence-electron chi connectivity index (χ4n) is 2.10. The number of fused-ring (bicyclic) bond motifs is 1. The maximum atomic E-state index is 12.1. The topological polar surface area (TPSA) is 105 Å². The highest BCUT2D eigenvalue weighted by molar-refractivity contribution is 9.10. The van der Waals surface area contributed by atoms with E-state index in [1.54, 1.807) is 12.1 Å². The van der Waals surface area contributed by atoms with Gasteiger partial charge in [-0.2, -0.15) is 10.1 Å². The molecule has 9 heteroatoms. The van der Waals surface area contributed by atoms with Crippen molar-refractivity contribution < 1.29 is 9.90 Å². The number of aromatic hydroxyl groups is 1. The van der Waals surface area contributed by atoms with Gasteiger partial charge in [-0.15, -0.1) is 5.10 Å². The zero-order valence-corrected chi connectivity index (χ0v) is 14.4. The number of hydrazone groups is 1. The Labute approximate surface area is 145 Å². The molecule has 3 aromatic rings. The third-order valence-electron chi connectivity index (χ3n) is 3.18. The van der Waals surface area contributed by atoms with Gasteiger partial charge in [-0.25, -0.2) is 14.9 Å². The number of hydrogen-bond donors (Lipinski definition) is 2. The van der Waals surface area contributed by atoms with Crippen molar-refractivity contribution in [3.8, 4) is 5.75 Å². The molecule has 1 amide bonds. The summed E-state index contributed by atoms with van der Waals surface area (Å²) in [7, 11) is 0. The van der Waals surface area contributed by atoms with Gasteiger partial charge in [0.05, 0.1) is 6.21 Å². The van der Waals surface area contributed by atoms with Crippen LogP contribution in [0.25, 0.3) is 5.78 Å². The van der Waals surface area contributed by atoms with E-state index in [4.69, 9.17) is 0 Å². The van der Waals surface area contributed by atoms with Crippen molar-refractivity contribution in [2.45, 2.75) is 13.8 Å². The second kappa shape index (κ2) is 6.36. The summed E-state index contributed by atoms with van der Waals surface area (Å²) in [6.07, 6.45) is 1.33. The van der Waals surface area contributed by atoms with Crippen molar-refractivity contribution in [1.82, 2.24) is 25.0 Å². The molecule has 0 atom stereocenters. The van der Waals surface area contributed by atoms with Gasteiger partial charge in [0.25, 0.3) is 5.78 Å². The van der Waals surface area contributed by atoms with Gasteiger partial charge in [-0.3, -0.25) is 4.79 Å². The predicted molar refractivity (Wildman–Crippen MR) is 91.1 cm³/mol. The SMILES string of the molecule is Cc1cc(C)n2nc(C(=O)N/N=C\c3cc(Br)ccc3O)nc2n1. The molecule has 0 aliphatic heterocycles. The lowest BCUT2D eigenvalue weighted by molar-refractivity contribution is 0.0945. The molecule has 122 valence electrons. The number of nitrogens with zero attached hydrogens (tertiary/aromatic N) is 5. The average molecular weight is 389 g/mol. The lowest BCUT2D eigenvalue weighted by Crippen LogP contribution is -2.19. The van der Waals surface area contributed by atoms with Crippen LogP contribution in [-0.4, -0.2) is 36.8 Å². The first kappa shape index (κ1) is 16.1. The lowest BCUT2D eigenvalue weighted by atomic mass is 10.2. The smallest absolute Gasteiger partial charge is 0.311 e. The van der Waals surface area contributed by atoms with E-state index in [0.717, 1.165) is 15.9 Å². The number of halogens is 1. The van der Waals surface area contributed by atoms with E-state index >= 15 is 0 Å². The summed E-state index contributed by atoms with van der Waals surface area (Å²) in [6.45, 7) is 3.70. The van der Waals surface area contributed by atoms with E-state index in [9.17, 15) is 9.90 Å². The fourth-order valence-corrected chi connectivity index (χ4v) is 2.48. The Balaban J connectivity index is 1.79. The summed E-state index contributed by atoms with van der Waals surface area (Å²) in [6, 6.07) is 6.73. The quantitative estimate of drug-likeness (QED) is 0.527. The first-order chi connectivity index (χ1) is 11.4. The molecule has 24 heavy (non-hydrogen) atoms. The molecular weight excluding hydrogens is 376 g/mol. The molecular formula is C15H13BrN6O2. The van der Waals surface area contributed by atoms with Crippen LogP contribution in [-0.2, 0) is 0 Å². The van der Waals surface area contributed by atoms with Crippen molar-refractivity contribution >= 4 is 33.8 Å². The van der Waals surface area contributed by atoms with Gasteiger partial charge < -0.3 is 5.11 Å². The second-order valence-electron chi connectivity index (χ2n) is 5.09. The number of benzene rings is 1. The minimum atomic E-state index is -0.566. The van der Waals surface area contributed by atoms with Crippen LogP contribution < -0.4 is 5.43 Å². The molecule has 0 aliphatic carbocycles. The van der Waals surface area contributed by atoms with Crippen LogP contribution in [0.2, 0.25) is 0 Å². The van der Waals surface area contributed by atoms with Gasteiger partial charge in [-0.1, -0.05) is 15.9 Å². The number of carbonyl (C=O) groups excluding carboxylic acids is 1. The van der Waals surface area contributed by atoms with Crippen LogP contribution in [0.15, 0.2) is 33.8 Å². The summed E-state index contributed by atoms with van der Waals surface area (Å²) < 4.78 is 2.28. The van der Waals surface area contributed by atoms with Crippen LogP contribution in [0.3, 0.4) is 0 Å². The molecule has 2 N–H and O–H groups in total. The Morgan fingerprint density at radius 1 is 1.33 bits per heavy atom. The molecule has 0 unspecified atom stereocenters. The molecule has 1 aromatic carbocycles. The third kappa shape index (κ3) is 3.25. The zero-order valence-electron chi connectivity index (χ0n) is 12.9. The van der Waals surface area contributed by atoms with Crippen LogP contribution in [0.5, 0.6) is 5.75 Å². The number of rotatable bonds is 3. The number of aryl methyl sites for hydroxylation is 2. The summed E-state index contributed by atoms with van der Waals surface area (Å²) in [4.78, 5) is 20.4. The van der Waals surface area contributed by atoms with Gasteiger partial charge in [0.2, 0.25) is 5.82 Å². The van der Waals surface area contributed by atoms with E-state index < -0.39 is 5.91 Å². The van der Waals surface area contributed by atoms with Gasteiger partial charge in [0.1, 0.15) is 5.75 Å². The minimum Gasteiger partial charge on any atom is -0.507 e. The number of phenols is 1. The van der Waals surface area contributed by atoms with Gasteiger partial charge in [0.15, 0.2) is 0 Å². The minimum absolute atomic E-state index is 0.0354. The monoisotopic (exact) mass is 388 g/mol. The lowest BCUT2D eigenvalue weighted by Gasteiger charge is -1.99. The summed E-state index contributed by atoms with van der Waals surface area (Å²) >= 11 is 3.30. The zero-order chi connectivity index (χ0) is 17.3. The number of hydrogen-bond acceptors (Lipinski definition) is 6. The molecule has 0 saturated carbocycles. The average Bonchev–Trinajstić information content (AvgIpc) is 2.95. The first-order valence-electron chi connectivity index (χ1n) is 6.97. The second-order valence-corrected chi connectivity index (χ2v) is 6.00. The standard InChI is InChI=1S/C15H13BrN6O2/c1-8-5-9(2)22-15(18-8)19-13(21-22)14(24)20-17-7-10-6-11(16)3-4-12(10)23/h3-7,23H,1-2H3,(H,20,24)/b17-7-. The highest BCUT2D eigenvalue weighted by atomic mass is 79.9. The van der Waals surface area contributed by atoms with Crippen molar-refractivity contribution in [2.75, 3.05) is 0 Å².